The van der Waals surface area contributed by atoms with Crippen molar-refractivity contribution in [1.29, 1.82) is 0 Å². The van der Waals surface area contributed by atoms with Gasteiger partial charge in [-0.3, -0.25) is 9.10 Å². The molecular formula is C24H23FN2O4S. The van der Waals surface area contributed by atoms with Crippen LogP contribution in [0.3, 0.4) is 0 Å². The van der Waals surface area contributed by atoms with E-state index >= 15 is 0 Å². The van der Waals surface area contributed by atoms with Crippen LogP contribution in [0, 0.1) is 5.82 Å². The second-order valence-electron chi connectivity index (χ2n) is 7.51. The van der Waals surface area contributed by atoms with E-state index in [4.69, 9.17) is 4.74 Å². The molecule has 0 unspecified atom stereocenters. The highest BCUT2D eigenvalue weighted by atomic mass is 32.2. The number of carbonyl (C=O) groups is 1. The minimum Gasteiger partial charge on any atom is -0.497 e. The molecule has 6 nitrogen and oxygen atoms in total. The first-order valence-electron chi connectivity index (χ1n) is 10.2. The lowest BCUT2D eigenvalue weighted by atomic mass is 10.0. The SMILES string of the molecule is COc1ccc(C(=O)NCc2ccc3c(c2)N(S(=O)(=O)c2ccc(F)cc2)CCC3)cc1. The number of hydrogen-bond acceptors (Lipinski definition) is 4. The Hall–Kier alpha value is -3.39. The lowest BCUT2D eigenvalue weighted by Crippen LogP contribution is -2.35. The molecule has 3 aromatic carbocycles. The standard InChI is InChI=1S/C24H23FN2O4S/c1-31-21-10-6-19(7-11-21)24(28)26-16-17-4-5-18-3-2-14-27(23(18)15-17)32(29,30)22-12-8-20(25)9-13-22/h4-13,15H,2-3,14,16H2,1H3,(H,26,28). The zero-order valence-electron chi connectivity index (χ0n) is 17.5. The number of nitrogens with one attached hydrogen (secondary N) is 1. The van der Waals surface area contributed by atoms with Crippen molar-refractivity contribution in [3.05, 3.63) is 89.2 Å². The monoisotopic (exact) mass is 454 g/mol. The van der Waals surface area contributed by atoms with Crippen molar-refractivity contribution in [2.75, 3.05) is 18.0 Å². The summed E-state index contributed by atoms with van der Waals surface area (Å²) in [5, 5.41) is 2.86. The summed E-state index contributed by atoms with van der Waals surface area (Å²) in [5.74, 6) is -0.0576. The molecule has 32 heavy (non-hydrogen) atoms. The van der Waals surface area contributed by atoms with Crippen LogP contribution in [0.5, 0.6) is 5.75 Å². The number of anilines is 1. The molecule has 1 amide bonds. The first kappa shape index (κ1) is 21.8. The molecule has 0 fully saturated rings. The number of benzene rings is 3. The quantitative estimate of drug-likeness (QED) is 0.613. The number of aryl methyl sites for hydroxylation is 1. The van der Waals surface area contributed by atoms with E-state index in [0.717, 1.165) is 29.7 Å². The van der Waals surface area contributed by atoms with Crippen molar-refractivity contribution < 1.29 is 22.3 Å². The third kappa shape index (κ3) is 4.45. The van der Waals surface area contributed by atoms with E-state index in [1.807, 2.05) is 12.1 Å². The smallest absolute Gasteiger partial charge is 0.264 e. The van der Waals surface area contributed by atoms with Gasteiger partial charge in [-0.2, -0.15) is 0 Å². The van der Waals surface area contributed by atoms with Gasteiger partial charge in [-0.05, 0) is 78.6 Å². The molecule has 0 atom stereocenters. The Balaban J connectivity index is 1.54. The van der Waals surface area contributed by atoms with E-state index in [1.54, 1.807) is 37.4 Å². The summed E-state index contributed by atoms with van der Waals surface area (Å²) in [7, 11) is -2.26. The summed E-state index contributed by atoms with van der Waals surface area (Å²) in [5.41, 5.74) is 2.81. The Morgan fingerprint density at radius 1 is 1.06 bits per heavy atom. The molecule has 3 aromatic rings. The van der Waals surface area contributed by atoms with Gasteiger partial charge in [0.05, 0.1) is 17.7 Å². The third-order valence-corrected chi connectivity index (χ3v) is 7.26. The molecule has 1 N–H and O–H groups in total. The molecule has 0 bridgehead atoms. The molecule has 1 aliphatic rings. The Morgan fingerprint density at radius 2 is 1.78 bits per heavy atom. The highest BCUT2D eigenvalue weighted by Crippen LogP contribution is 2.33. The molecule has 1 heterocycles. The Morgan fingerprint density at radius 3 is 2.47 bits per heavy atom. The van der Waals surface area contributed by atoms with Crippen molar-refractivity contribution in [2.45, 2.75) is 24.3 Å². The number of carbonyl (C=O) groups excluding carboxylic acids is 1. The molecule has 1 aliphatic heterocycles. The number of ether oxygens (including phenoxy) is 1. The topological polar surface area (TPSA) is 75.7 Å². The molecule has 166 valence electrons. The van der Waals surface area contributed by atoms with Gasteiger partial charge in [-0.15, -0.1) is 0 Å². The summed E-state index contributed by atoms with van der Waals surface area (Å²) in [4.78, 5) is 12.5. The van der Waals surface area contributed by atoms with Gasteiger partial charge < -0.3 is 10.1 Å². The zero-order chi connectivity index (χ0) is 22.7. The predicted octanol–water partition coefficient (Wildman–Crippen LogP) is 3.91. The van der Waals surface area contributed by atoms with Gasteiger partial charge in [0, 0.05) is 18.7 Å². The van der Waals surface area contributed by atoms with Crippen LogP contribution in [-0.4, -0.2) is 28.0 Å². The van der Waals surface area contributed by atoms with E-state index in [-0.39, 0.29) is 17.3 Å². The van der Waals surface area contributed by atoms with Crippen molar-refractivity contribution >= 4 is 21.6 Å². The Bertz CT molecular complexity index is 1230. The third-order valence-electron chi connectivity index (χ3n) is 5.43. The molecular weight excluding hydrogens is 431 g/mol. The molecule has 4 rings (SSSR count). The van der Waals surface area contributed by atoms with E-state index in [9.17, 15) is 17.6 Å². The Labute approximate surface area is 186 Å². The molecule has 0 aliphatic carbocycles. The maximum Gasteiger partial charge on any atom is 0.264 e. The van der Waals surface area contributed by atoms with Gasteiger partial charge in [0.1, 0.15) is 11.6 Å². The van der Waals surface area contributed by atoms with Gasteiger partial charge in [0.15, 0.2) is 0 Å². The lowest BCUT2D eigenvalue weighted by molar-refractivity contribution is 0.0951. The van der Waals surface area contributed by atoms with Crippen LogP contribution in [0.25, 0.3) is 0 Å². The minimum atomic E-state index is -3.82. The van der Waals surface area contributed by atoms with Gasteiger partial charge in [0.25, 0.3) is 15.9 Å². The molecule has 0 aromatic heterocycles. The Kier molecular flexibility index (Phi) is 6.14. The van der Waals surface area contributed by atoms with E-state index in [1.165, 1.54) is 16.4 Å². The summed E-state index contributed by atoms with van der Waals surface area (Å²) >= 11 is 0. The highest BCUT2D eigenvalue weighted by Gasteiger charge is 2.29. The second kappa shape index (κ2) is 9.00. The molecule has 0 saturated heterocycles. The second-order valence-corrected chi connectivity index (χ2v) is 9.37. The average molecular weight is 455 g/mol. The number of fused-ring (bicyclic) bond motifs is 1. The first-order chi connectivity index (χ1) is 15.4. The minimum absolute atomic E-state index is 0.0463. The van der Waals surface area contributed by atoms with Crippen molar-refractivity contribution in [3.8, 4) is 5.75 Å². The number of rotatable bonds is 6. The van der Waals surface area contributed by atoms with Crippen molar-refractivity contribution in [2.24, 2.45) is 0 Å². The molecule has 0 saturated carbocycles. The number of amides is 1. The van der Waals surface area contributed by atoms with Crippen LogP contribution in [0.4, 0.5) is 10.1 Å². The normalized spacial score (nSPS) is 13.4. The van der Waals surface area contributed by atoms with E-state index in [0.29, 0.717) is 30.0 Å². The summed E-state index contributed by atoms with van der Waals surface area (Å²) in [6, 6.07) is 17.2. The number of nitrogens with zero attached hydrogens (tertiary/aromatic N) is 1. The van der Waals surface area contributed by atoms with Crippen LogP contribution in [0.15, 0.2) is 71.6 Å². The number of methoxy groups -OCH3 is 1. The van der Waals surface area contributed by atoms with Crippen LogP contribution in [0.1, 0.15) is 27.9 Å². The fraction of sp³-hybridized carbons (Fsp3) is 0.208. The van der Waals surface area contributed by atoms with Gasteiger partial charge in [-0.1, -0.05) is 12.1 Å². The fourth-order valence-electron chi connectivity index (χ4n) is 3.71. The maximum atomic E-state index is 13.3. The van der Waals surface area contributed by atoms with E-state index < -0.39 is 15.8 Å². The van der Waals surface area contributed by atoms with E-state index in [2.05, 4.69) is 5.32 Å². The largest absolute Gasteiger partial charge is 0.497 e. The summed E-state index contributed by atoms with van der Waals surface area (Å²) in [6.07, 6.45) is 1.46. The van der Waals surface area contributed by atoms with Crippen molar-refractivity contribution in [3.63, 3.8) is 0 Å². The van der Waals surface area contributed by atoms with Gasteiger partial charge >= 0.3 is 0 Å². The first-order valence-corrected chi connectivity index (χ1v) is 11.6. The molecule has 0 radical (unpaired) electrons. The van der Waals surface area contributed by atoms with Gasteiger partial charge in [-0.25, -0.2) is 12.8 Å². The van der Waals surface area contributed by atoms with Crippen LogP contribution >= 0.6 is 0 Å². The highest BCUT2D eigenvalue weighted by molar-refractivity contribution is 7.92. The molecule has 8 heteroatoms. The van der Waals surface area contributed by atoms with Crippen LogP contribution < -0.4 is 14.4 Å². The maximum absolute atomic E-state index is 13.3. The number of halogens is 1. The van der Waals surface area contributed by atoms with Crippen molar-refractivity contribution in [1.82, 2.24) is 5.32 Å². The van der Waals surface area contributed by atoms with Gasteiger partial charge in [0.2, 0.25) is 0 Å². The lowest BCUT2D eigenvalue weighted by Gasteiger charge is -2.31. The van der Waals surface area contributed by atoms with Crippen LogP contribution in [-0.2, 0) is 23.0 Å². The predicted molar refractivity (Wildman–Crippen MR) is 120 cm³/mol. The zero-order valence-corrected chi connectivity index (χ0v) is 18.4. The fourth-order valence-corrected chi connectivity index (χ4v) is 5.24. The summed E-state index contributed by atoms with van der Waals surface area (Å²) in [6.45, 7) is 0.594. The number of sulfonamides is 1. The molecule has 0 spiro atoms. The van der Waals surface area contributed by atoms with Crippen LogP contribution in [0.2, 0.25) is 0 Å². The summed E-state index contributed by atoms with van der Waals surface area (Å²) < 4.78 is 46.1. The number of hydrogen-bond donors (Lipinski definition) is 1. The average Bonchev–Trinajstić information content (AvgIpc) is 2.82.